The van der Waals surface area contributed by atoms with Crippen LogP contribution >= 0.6 is 11.3 Å². The van der Waals surface area contributed by atoms with Gasteiger partial charge in [0.05, 0.1) is 10.2 Å². The standard InChI is InChI=1S/C18H25N3O2S/c1-18(2,3)23-17(22)21-10-8-13(9-11-21)12-19-16-20-14-6-4-5-7-15(14)24-16/h4-7,13H,8-12H2,1-3H3,(H,19,20). The molecule has 1 aromatic carbocycles. The lowest BCUT2D eigenvalue weighted by atomic mass is 9.97. The molecule has 5 nitrogen and oxygen atoms in total. The van der Waals surface area contributed by atoms with Gasteiger partial charge in [-0.3, -0.25) is 0 Å². The number of likely N-dealkylation sites (tertiary alicyclic amines) is 1. The quantitative estimate of drug-likeness (QED) is 0.896. The van der Waals surface area contributed by atoms with Crippen molar-refractivity contribution in [2.45, 2.75) is 39.2 Å². The van der Waals surface area contributed by atoms with Crippen LogP contribution in [0.4, 0.5) is 9.93 Å². The van der Waals surface area contributed by atoms with Crippen LogP contribution < -0.4 is 5.32 Å². The molecule has 3 rings (SSSR count). The minimum absolute atomic E-state index is 0.194. The highest BCUT2D eigenvalue weighted by Crippen LogP contribution is 2.26. The fraction of sp³-hybridized carbons (Fsp3) is 0.556. The summed E-state index contributed by atoms with van der Waals surface area (Å²) in [5.74, 6) is 0.565. The van der Waals surface area contributed by atoms with Crippen LogP contribution in [0.2, 0.25) is 0 Å². The number of benzene rings is 1. The third kappa shape index (κ3) is 4.38. The highest BCUT2D eigenvalue weighted by atomic mass is 32.1. The van der Waals surface area contributed by atoms with E-state index in [1.54, 1.807) is 11.3 Å². The van der Waals surface area contributed by atoms with Crippen molar-refractivity contribution in [3.63, 3.8) is 0 Å². The summed E-state index contributed by atoms with van der Waals surface area (Å²) in [6.07, 6.45) is 1.80. The Morgan fingerprint density at radius 1 is 1.33 bits per heavy atom. The fourth-order valence-electron chi connectivity index (χ4n) is 2.83. The normalized spacial score (nSPS) is 16.4. The van der Waals surface area contributed by atoms with Crippen LogP contribution in [0.15, 0.2) is 24.3 Å². The summed E-state index contributed by atoms with van der Waals surface area (Å²) < 4.78 is 6.65. The van der Waals surface area contributed by atoms with Crippen molar-refractivity contribution in [2.24, 2.45) is 5.92 Å². The van der Waals surface area contributed by atoms with Crippen LogP contribution in [0.25, 0.3) is 10.2 Å². The van der Waals surface area contributed by atoms with Gasteiger partial charge in [0, 0.05) is 19.6 Å². The molecule has 0 unspecified atom stereocenters. The van der Waals surface area contributed by atoms with E-state index in [1.807, 2.05) is 43.9 Å². The molecule has 0 aliphatic carbocycles. The van der Waals surface area contributed by atoms with Gasteiger partial charge in [0.15, 0.2) is 5.13 Å². The van der Waals surface area contributed by atoms with Crippen LogP contribution in [-0.4, -0.2) is 41.2 Å². The number of carbonyl (C=O) groups is 1. The number of nitrogens with one attached hydrogen (secondary N) is 1. The maximum Gasteiger partial charge on any atom is 0.410 e. The number of amides is 1. The first-order valence-corrected chi connectivity index (χ1v) is 9.30. The molecule has 130 valence electrons. The van der Waals surface area contributed by atoms with Crippen LogP contribution in [-0.2, 0) is 4.74 Å². The highest BCUT2D eigenvalue weighted by molar-refractivity contribution is 7.22. The Balaban J connectivity index is 1.46. The Labute approximate surface area is 147 Å². The Kier molecular flexibility index (Phi) is 4.94. The van der Waals surface area contributed by atoms with Crippen LogP contribution in [0.5, 0.6) is 0 Å². The first kappa shape index (κ1) is 17.0. The van der Waals surface area contributed by atoms with E-state index >= 15 is 0 Å². The SMILES string of the molecule is CC(C)(C)OC(=O)N1CCC(CNc2nc3ccccc3s2)CC1. The van der Waals surface area contributed by atoms with Crippen molar-refractivity contribution < 1.29 is 9.53 Å². The number of hydrogen-bond donors (Lipinski definition) is 1. The first-order chi connectivity index (χ1) is 11.4. The molecule has 1 fully saturated rings. The Bertz CT molecular complexity index is 667. The number of fused-ring (bicyclic) bond motifs is 1. The van der Waals surface area contributed by atoms with Gasteiger partial charge in [0.25, 0.3) is 0 Å². The van der Waals surface area contributed by atoms with E-state index in [2.05, 4.69) is 16.4 Å². The molecule has 24 heavy (non-hydrogen) atoms. The molecular formula is C18H25N3O2S. The summed E-state index contributed by atoms with van der Waals surface area (Å²) >= 11 is 1.69. The molecule has 1 aliphatic rings. The Morgan fingerprint density at radius 3 is 2.71 bits per heavy atom. The van der Waals surface area contributed by atoms with Gasteiger partial charge in [-0.1, -0.05) is 23.5 Å². The second-order valence-corrected chi connectivity index (χ2v) is 8.31. The number of carbonyl (C=O) groups excluding carboxylic acids is 1. The third-order valence-electron chi connectivity index (χ3n) is 4.10. The zero-order valence-electron chi connectivity index (χ0n) is 14.5. The lowest BCUT2D eigenvalue weighted by Crippen LogP contribution is -2.42. The first-order valence-electron chi connectivity index (χ1n) is 8.48. The maximum atomic E-state index is 12.1. The monoisotopic (exact) mass is 347 g/mol. The number of aromatic nitrogens is 1. The number of hydrogen-bond acceptors (Lipinski definition) is 5. The van der Waals surface area contributed by atoms with E-state index in [0.717, 1.165) is 43.1 Å². The fourth-order valence-corrected chi connectivity index (χ4v) is 3.70. The van der Waals surface area contributed by atoms with Gasteiger partial charge in [0.1, 0.15) is 5.60 Å². The summed E-state index contributed by atoms with van der Waals surface area (Å²) in [5, 5.41) is 4.44. The topological polar surface area (TPSA) is 54.5 Å². The van der Waals surface area contributed by atoms with Crippen molar-refractivity contribution >= 4 is 32.8 Å². The van der Waals surface area contributed by atoms with E-state index in [1.165, 1.54) is 4.70 Å². The third-order valence-corrected chi connectivity index (χ3v) is 5.10. The zero-order chi connectivity index (χ0) is 17.2. The molecule has 2 aromatic rings. The number of nitrogens with zero attached hydrogens (tertiary/aromatic N) is 2. The van der Waals surface area contributed by atoms with Crippen molar-refractivity contribution in [3.05, 3.63) is 24.3 Å². The van der Waals surface area contributed by atoms with Gasteiger partial charge in [-0.25, -0.2) is 9.78 Å². The lowest BCUT2D eigenvalue weighted by Gasteiger charge is -2.33. The summed E-state index contributed by atoms with van der Waals surface area (Å²) in [4.78, 5) is 18.5. The average Bonchev–Trinajstić information content (AvgIpc) is 2.94. The van der Waals surface area contributed by atoms with E-state index in [0.29, 0.717) is 5.92 Å². The molecule has 0 radical (unpaired) electrons. The van der Waals surface area contributed by atoms with Gasteiger partial charge in [-0.2, -0.15) is 0 Å². The Morgan fingerprint density at radius 2 is 2.04 bits per heavy atom. The van der Waals surface area contributed by atoms with Crippen LogP contribution in [0.3, 0.4) is 0 Å². The van der Waals surface area contributed by atoms with Gasteiger partial charge < -0.3 is 15.0 Å². The van der Waals surface area contributed by atoms with Crippen molar-refractivity contribution in [3.8, 4) is 0 Å². The zero-order valence-corrected chi connectivity index (χ0v) is 15.4. The van der Waals surface area contributed by atoms with Crippen LogP contribution in [0, 0.1) is 5.92 Å². The number of thiazole rings is 1. The molecular weight excluding hydrogens is 322 g/mol. The van der Waals surface area contributed by atoms with E-state index in [-0.39, 0.29) is 6.09 Å². The number of anilines is 1. The Hall–Kier alpha value is -1.82. The van der Waals surface area contributed by atoms with Crippen LogP contribution in [0.1, 0.15) is 33.6 Å². The molecule has 0 atom stereocenters. The van der Waals surface area contributed by atoms with Crippen molar-refractivity contribution in [1.82, 2.24) is 9.88 Å². The minimum Gasteiger partial charge on any atom is -0.444 e. The van der Waals surface area contributed by atoms with E-state index < -0.39 is 5.60 Å². The smallest absolute Gasteiger partial charge is 0.410 e. The molecule has 1 amide bonds. The molecule has 1 N–H and O–H groups in total. The summed E-state index contributed by atoms with van der Waals surface area (Å²) in [6, 6.07) is 8.18. The summed E-state index contributed by atoms with van der Waals surface area (Å²) in [6.45, 7) is 8.14. The van der Waals surface area contributed by atoms with Gasteiger partial charge in [-0.15, -0.1) is 0 Å². The predicted octanol–water partition coefficient (Wildman–Crippen LogP) is 4.36. The highest BCUT2D eigenvalue weighted by Gasteiger charge is 2.26. The van der Waals surface area contributed by atoms with E-state index in [9.17, 15) is 4.79 Å². The second-order valence-electron chi connectivity index (χ2n) is 7.28. The number of para-hydroxylation sites is 1. The molecule has 2 heterocycles. The maximum absolute atomic E-state index is 12.1. The molecule has 0 bridgehead atoms. The molecule has 0 saturated carbocycles. The largest absolute Gasteiger partial charge is 0.444 e. The summed E-state index contributed by atoms with van der Waals surface area (Å²) in [7, 11) is 0. The molecule has 6 heteroatoms. The second kappa shape index (κ2) is 6.97. The predicted molar refractivity (Wildman–Crippen MR) is 98.6 cm³/mol. The molecule has 1 aliphatic heterocycles. The molecule has 0 spiro atoms. The summed E-state index contributed by atoms with van der Waals surface area (Å²) in [5.41, 5.74) is 0.618. The lowest BCUT2D eigenvalue weighted by molar-refractivity contribution is 0.0188. The number of rotatable bonds is 3. The molecule has 1 saturated heterocycles. The van der Waals surface area contributed by atoms with Crippen molar-refractivity contribution in [1.29, 1.82) is 0 Å². The average molecular weight is 347 g/mol. The van der Waals surface area contributed by atoms with Gasteiger partial charge in [-0.05, 0) is 51.7 Å². The van der Waals surface area contributed by atoms with Crippen molar-refractivity contribution in [2.75, 3.05) is 25.0 Å². The number of piperidine rings is 1. The van der Waals surface area contributed by atoms with Gasteiger partial charge >= 0.3 is 6.09 Å². The molecule has 1 aromatic heterocycles. The minimum atomic E-state index is -0.428. The van der Waals surface area contributed by atoms with E-state index in [4.69, 9.17) is 4.74 Å². The number of ether oxygens (including phenoxy) is 1. The van der Waals surface area contributed by atoms with Gasteiger partial charge in [0.2, 0.25) is 0 Å².